The van der Waals surface area contributed by atoms with Crippen LogP contribution in [0.1, 0.15) is 12.8 Å². The molecule has 1 fully saturated rings. The smallest absolute Gasteiger partial charge is 0.216 e. The van der Waals surface area contributed by atoms with Crippen molar-refractivity contribution in [2.24, 2.45) is 5.92 Å². The number of rotatable bonds is 5. The molecule has 90 valence electrons. The maximum absolute atomic E-state index is 11.8. The summed E-state index contributed by atoms with van der Waals surface area (Å²) in [5, 5.41) is 0. The van der Waals surface area contributed by atoms with Crippen LogP contribution in [-0.4, -0.2) is 51.2 Å². The van der Waals surface area contributed by atoms with Gasteiger partial charge >= 0.3 is 0 Å². The Morgan fingerprint density at radius 2 is 2.27 bits per heavy atom. The Labute approximate surface area is 96.6 Å². The first-order valence-electron chi connectivity index (χ1n) is 5.13. The first-order chi connectivity index (χ1) is 7.10. The van der Waals surface area contributed by atoms with Crippen molar-refractivity contribution in [1.29, 1.82) is 0 Å². The molecule has 4 nitrogen and oxygen atoms in total. The van der Waals surface area contributed by atoms with Crippen LogP contribution >= 0.6 is 11.6 Å². The van der Waals surface area contributed by atoms with Gasteiger partial charge in [0.1, 0.15) is 0 Å². The molecule has 1 unspecified atom stereocenters. The summed E-state index contributed by atoms with van der Waals surface area (Å²) in [5.74, 6) is 0.909. The van der Waals surface area contributed by atoms with Gasteiger partial charge in [-0.3, -0.25) is 0 Å². The summed E-state index contributed by atoms with van der Waals surface area (Å²) >= 11 is 5.75. The monoisotopic (exact) mass is 255 g/mol. The van der Waals surface area contributed by atoms with Crippen molar-refractivity contribution in [3.8, 4) is 0 Å². The van der Waals surface area contributed by atoms with E-state index in [0.29, 0.717) is 24.9 Å². The summed E-state index contributed by atoms with van der Waals surface area (Å²) in [6, 6.07) is 0. The Balaban J connectivity index is 2.54. The molecule has 0 spiro atoms. The molecule has 0 radical (unpaired) electrons. The second-order valence-electron chi connectivity index (χ2n) is 3.83. The number of hydrogen-bond donors (Lipinski definition) is 0. The van der Waals surface area contributed by atoms with Gasteiger partial charge < -0.3 is 4.74 Å². The number of sulfonamides is 1. The first kappa shape index (κ1) is 13.2. The Kier molecular flexibility index (Phi) is 5.32. The third-order valence-electron chi connectivity index (χ3n) is 2.64. The number of halogens is 1. The number of alkyl halides is 1. The van der Waals surface area contributed by atoms with E-state index in [1.54, 1.807) is 4.31 Å². The minimum Gasteiger partial charge on any atom is -0.384 e. The van der Waals surface area contributed by atoms with Gasteiger partial charge in [0.15, 0.2) is 0 Å². The fourth-order valence-corrected chi connectivity index (χ4v) is 3.46. The molecule has 1 saturated heterocycles. The molecule has 0 aliphatic carbocycles. The number of piperidine rings is 1. The zero-order valence-corrected chi connectivity index (χ0v) is 10.6. The van der Waals surface area contributed by atoms with E-state index < -0.39 is 10.0 Å². The lowest BCUT2D eigenvalue weighted by Crippen LogP contribution is -2.42. The summed E-state index contributed by atoms with van der Waals surface area (Å²) in [6.45, 7) is 1.44. The van der Waals surface area contributed by atoms with Crippen molar-refractivity contribution in [3.05, 3.63) is 0 Å². The number of hydrogen-bond acceptors (Lipinski definition) is 3. The van der Waals surface area contributed by atoms with E-state index in [0.717, 1.165) is 12.8 Å². The Bertz CT molecular complexity index is 281. The second-order valence-corrected chi connectivity index (χ2v) is 6.23. The summed E-state index contributed by atoms with van der Waals surface area (Å²) in [5.41, 5.74) is 0. The maximum Gasteiger partial charge on any atom is 0.216 e. The lowest BCUT2D eigenvalue weighted by Gasteiger charge is -2.30. The number of methoxy groups -OCH3 is 1. The average Bonchev–Trinajstić information content (AvgIpc) is 2.26. The Morgan fingerprint density at radius 1 is 1.53 bits per heavy atom. The molecular weight excluding hydrogens is 238 g/mol. The third kappa shape index (κ3) is 3.90. The topological polar surface area (TPSA) is 46.6 Å². The minimum absolute atomic E-state index is 0.0680. The molecule has 15 heavy (non-hydrogen) atoms. The summed E-state index contributed by atoms with van der Waals surface area (Å²) in [4.78, 5) is 0. The zero-order chi connectivity index (χ0) is 11.3. The van der Waals surface area contributed by atoms with Crippen LogP contribution in [0.2, 0.25) is 0 Å². The lowest BCUT2D eigenvalue weighted by atomic mass is 10.0. The molecule has 1 heterocycles. The zero-order valence-electron chi connectivity index (χ0n) is 8.99. The summed E-state index contributed by atoms with van der Waals surface area (Å²) < 4.78 is 30.0. The van der Waals surface area contributed by atoms with Crippen LogP contribution in [0.3, 0.4) is 0 Å². The molecule has 1 aliphatic heterocycles. The molecule has 0 saturated carbocycles. The van der Waals surface area contributed by atoms with Crippen LogP contribution in [0.15, 0.2) is 0 Å². The highest BCUT2D eigenvalue weighted by molar-refractivity contribution is 7.89. The van der Waals surface area contributed by atoms with Crippen LogP contribution in [0.5, 0.6) is 0 Å². The van der Waals surface area contributed by atoms with Gasteiger partial charge in [-0.05, 0) is 18.8 Å². The first-order valence-corrected chi connectivity index (χ1v) is 7.27. The minimum atomic E-state index is -3.14. The molecule has 0 aromatic rings. The van der Waals surface area contributed by atoms with E-state index in [2.05, 4.69) is 0 Å². The maximum atomic E-state index is 11.8. The average molecular weight is 256 g/mol. The van der Waals surface area contributed by atoms with Crippen LogP contribution < -0.4 is 0 Å². The van der Waals surface area contributed by atoms with Crippen LogP contribution in [0, 0.1) is 5.92 Å². The molecule has 1 rings (SSSR count). The van der Waals surface area contributed by atoms with Gasteiger partial charge in [0.05, 0.1) is 12.4 Å². The van der Waals surface area contributed by atoms with Crippen LogP contribution in [-0.2, 0) is 14.8 Å². The highest BCUT2D eigenvalue weighted by Gasteiger charge is 2.27. The molecule has 0 N–H and O–H groups in total. The van der Waals surface area contributed by atoms with Crippen molar-refractivity contribution in [1.82, 2.24) is 4.31 Å². The van der Waals surface area contributed by atoms with E-state index in [1.165, 1.54) is 7.11 Å². The Morgan fingerprint density at radius 3 is 2.87 bits per heavy atom. The van der Waals surface area contributed by atoms with Gasteiger partial charge in [0.25, 0.3) is 0 Å². The molecule has 0 amide bonds. The fraction of sp³-hybridized carbons (Fsp3) is 1.00. The van der Waals surface area contributed by atoms with Gasteiger partial charge in [-0.2, -0.15) is 0 Å². The normalized spacial score (nSPS) is 24.3. The molecule has 1 atom stereocenters. The molecule has 6 heteroatoms. The van der Waals surface area contributed by atoms with E-state index >= 15 is 0 Å². The molecule has 0 bridgehead atoms. The fourth-order valence-electron chi connectivity index (χ4n) is 1.72. The van der Waals surface area contributed by atoms with Crippen molar-refractivity contribution in [2.75, 3.05) is 38.4 Å². The summed E-state index contributed by atoms with van der Waals surface area (Å²) in [7, 11) is -1.63. The van der Waals surface area contributed by atoms with E-state index in [-0.39, 0.29) is 12.4 Å². The van der Waals surface area contributed by atoms with Gasteiger partial charge in [-0.1, -0.05) is 0 Å². The van der Waals surface area contributed by atoms with E-state index in [1.807, 2.05) is 0 Å². The van der Waals surface area contributed by atoms with Gasteiger partial charge in [-0.15, -0.1) is 11.6 Å². The third-order valence-corrected chi connectivity index (χ3v) is 4.88. The van der Waals surface area contributed by atoms with Crippen molar-refractivity contribution < 1.29 is 13.2 Å². The SMILES string of the molecule is COCCS(=O)(=O)N1CCCC(CCl)C1. The second kappa shape index (κ2) is 6.03. The van der Waals surface area contributed by atoms with Crippen molar-refractivity contribution >= 4 is 21.6 Å². The van der Waals surface area contributed by atoms with E-state index in [9.17, 15) is 8.42 Å². The molecular formula is C9H18ClNO3S. The molecule has 0 aromatic heterocycles. The molecule has 0 aromatic carbocycles. The summed E-state index contributed by atoms with van der Waals surface area (Å²) in [6.07, 6.45) is 1.93. The predicted molar refractivity (Wildman–Crippen MR) is 60.7 cm³/mol. The van der Waals surface area contributed by atoms with Gasteiger partial charge in [0.2, 0.25) is 10.0 Å². The van der Waals surface area contributed by atoms with E-state index in [4.69, 9.17) is 16.3 Å². The van der Waals surface area contributed by atoms with Crippen molar-refractivity contribution in [2.45, 2.75) is 12.8 Å². The Hall–Kier alpha value is 0.160. The van der Waals surface area contributed by atoms with Crippen molar-refractivity contribution in [3.63, 3.8) is 0 Å². The van der Waals surface area contributed by atoms with Crippen LogP contribution in [0.4, 0.5) is 0 Å². The predicted octanol–water partition coefficient (Wildman–Crippen LogP) is 0.913. The highest BCUT2D eigenvalue weighted by Crippen LogP contribution is 2.20. The van der Waals surface area contributed by atoms with Crippen LogP contribution in [0.25, 0.3) is 0 Å². The lowest BCUT2D eigenvalue weighted by molar-refractivity contribution is 0.213. The van der Waals surface area contributed by atoms with Gasteiger partial charge in [-0.25, -0.2) is 12.7 Å². The van der Waals surface area contributed by atoms with Gasteiger partial charge in [0, 0.05) is 26.1 Å². The standard InChI is InChI=1S/C9H18ClNO3S/c1-14-5-6-15(12,13)11-4-2-3-9(7-10)8-11/h9H,2-8H2,1H3. The quantitative estimate of drug-likeness (QED) is 0.687. The molecule has 1 aliphatic rings. The number of nitrogens with zero attached hydrogens (tertiary/aromatic N) is 1. The highest BCUT2D eigenvalue weighted by atomic mass is 35.5. The largest absolute Gasteiger partial charge is 0.384 e. The number of ether oxygens (including phenoxy) is 1.